The maximum Gasteiger partial charge on any atom is 0.327 e. The lowest BCUT2D eigenvalue weighted by Gasteiger charge is -2.22. The van der Waals surface area contributed by atoms with Gasteiger partial charge in [0.25, 0.3) is 0 Å². The molecule has 0 radical (unpaired) electrons. The molecule has 0 aliphatic carbocycles. The van der Waals surface area contributed by atoms with Crippen LogP contribution in [0.4, 0.5) is 0 Å². The van der Waals surface area contributed by atoms with E-state index < -0.39 is 0 Å². The number of fused-ring (bicyclic) bond motifs is 1. The molecule has 0 saturated carbocycles. The highest BCUT2D eigenvalue weighted by Crippen LogP contribution is 2.26. The second kappa shape index (κ2) is 3.81. The van der Waals surface area contributed by atoms with E-state index in [9.17, 15) is 4.79 Å². The lowest BCUT2D eigenvalue weighted by molar-refractivity contribution is 0.457. The molecule has 0 unspecified atom stereocenters. The minimum Gasteiger partial charge on any atom is -0.290 e. The van der Waals surface area contributed by atoms with Crippen LogP contribution in [-0.2, 0) is 0 Å². The van der Waals surface area contributed by atoms with Crippen molar-refractivity contribution in [3.05, 3.63) is 28.8 Å². The average Bonchev–Trinajstić information content (AvgIpc) is 2.66. The molecule has 0 amide bonds. The van der Waals surface area contributed by atoms with Crippen molar-refractivity contribution in [3.8, 4) is 0 Å². The smallest absolute Gasteiger partial charge is 0.290 e. The number of aromatic nitrogens is 3. The van der Waals surface area contributed by atoms with E-state index in [1.54, 1.807) is 6.20 Å². The normalized spacial score (nSPS) is 17.5. The molecule has 0 atom stereocenters. The molecule has 2 aromatic heterocycles. The van der Waals surface area contributed by atoms with Gasteiger partial charge in [-0.3, -0.25) is 9.55 Å². The minimum atomic E-state index is -0.0133. The summed E-state index contributed by atoms with van der Waals surface area (Å²) in [4.78, 5) is 18.9. The summed E-state index contributed by atoms with van der Waals surface area (Å²) >= 11 is 0. The third-order valence-corrected chi connectivity index (χ3v) is 3.43. The van der Waals surface area contributed by atoms with Crippen molar-refractivity contribution in [2.75, 3.05) is 0 Å². The van der Waals surface area contributed by atoms with Gasteiger partial charge in [-0.15, -0.1) is 0 Å². The number of rotatable bonds is 1. The maximum atomic E-state index is 11.9. The molecule has 1 aliphatic heterocycles. The summed E-state index contributed by atoms with van der Waals surface area (Å²) in [6.45, 7) is 0. The Balaban J connectivity index is 2.14. The Hall–Kier alpha value is -1.52. The van der Waals surface area contributed by atoms with Crippen LogP contribution in [0.5, 0.6) is 0 Å². The van der Waals surface area contributed by atoms with Crippen LogP contribution in [0.3, 0.4) is 0 Å². The summed E-state index contributed by atoms with van der Waals surface area (Å²) < 4.78 is 1.89. The highest BCUT2D eigenvalue weighted by atomic mass is 16.1. The summed E-state index contributed by atoms with van der Waals surface area (Å²) in [5.74, 6) is 0. The van der Waals surface area contributed by atoms with E-state index in [-0.39, 0.29) is 5.69 Å². The lowest BCUT2D eigenvalue weighted by Crippen LogP contribution is -2.24. The van der Waals surface area contributed by atoms with Crippen LogP contribution in [0.2, 0.25) is 12.6 Å². The van der Waals surface area contributed by atoms with E-state index in [4.69, 9.17) is 0 Å². The molecule has 82 valence electrons. The van der Waals surface area contributed by atoms with Gasteiger partial charge in [-0.25, -0.2) is 9.78 Å². The summed E-state index contributed by atoms with van der Waals surface area (Å²) in [5.41, 5.74) is 1.64. The molecule has 1 saturated heterocycles. The lowest BCUT2D eigenvalue weighted by atomic mass is 9.63. The van der Waals surface area contributed by atoms with Crippen LogP contribution in [-0.4, -0.2) is 21.8 Å². The molecule has 16 heavy (non-hydrogen) atoms. The topological polar surface area (TPSA) is 50.7 Å². The van der Waals surface area contributed by atoms with Crippen LogP contribution in [0.1, 0.15) is 18.9 Å². The summed E-state index contributed by atoms with van der Waals surface area (Å²) in [6, 6.07) is 4.21. The van der Waals surface area contributed by atoms with Crippen molar-refractivity contribution in [1.29, 1.82) is 0 Å². The van der Waals surface area contributed by atoms with Gasteiger partial charge in [0.05, 0.1) is 5.52 Å². The van der Waals surface area contributed by atoms with Crippen molar-refractivity contribution in [1.82, 2.24) is 14.5 Å². The van der Waals surface area contributed by atoms with Crippen molar-refractivity contribution in [2.24, 2.45) is 0 Å². The van der Waals surface area contributed by atoms with Gasteiger partial charge in [-0.1, -0.05) is 12.6 Å². The van der Waals surface area contributed by atoms with Crippen LogP contribution in [0.25, 0.3) is 11.2 Å². The Kier molecular flexibility index (Phi) is 2.31. The second-order valence-corrected chi connectivity index (χ2v) is 4.46. The van der Waals surface area contributed by atoms with Gasteiger partial charge < -0.3 is 0 Å². The van der Waals surface area contributed by atoms with Gasteiger partial charge in [0, 0.05) is 12.2 Å². The van der Waals surface area contributed by atoms with Crippen LogP contribution in [0.15, 0.2) is 23.1 Å². The molecule has 2 aromatic rings. The molecule has 5 heteroatoms. The SMILES string of the molecule is O=c1[nH]c2ncccc2n1C1CCBCC1. The minimum absolute atomic E-state index is 0.0133. The van der Waals surface area contributed by atoms with E-state index >= 15 is 0 Å². The molecular weight excluding hydrogens is 201 g/mol. The largest absolute Gasteiger partial charge is 0.327 e. The first-order chi connectivity index (χ1) is 7.86. The van der Waals surface area contributed by atoms with E-state index in [1.807, 2.05) is 16.7 Å². The van der Waals surface area contributed by atoms with Crippen molar-refractivity contribution in [2.45, 2.75) is 31.5 Å². The fraction of sp³-hybridized carbons (Fsp3) is 0.455. The molecule has 4 nitrogen and oxygen atoms in total. The molecule has 1 N–H and O–H groups in total. The molecule has 0 spiro atoms. The first-order valence-electron chi connectivity index (χ1n) is 5.91. The molecule has 3 rings (SSSR count). The molecule has 3 heterocycles. The van der Waals surface area contributed by atoms with Crippen molar-refractivity contribution < 1.29 is 0 Å². The van der Waals surface area contributed by atoms with E-state index in [1.165, 1.54) is 19.9 Å². The van der Waals surface area contributed by atoms with Gasteiger partial charge in [0.15, 0.2) is 5.65 Å². The number of H-pyrrole nitrogens is 1. The quantitative estimate of drug-likeness (QED) is 0.729. The predicted molar refractivity (Wildman–Crippen MR) is 65.4 cm³/mol. The predicted octanol–water partition coefficient (Wildman–Crippen LogP) is 1.33. The molecule has 1 fully saturated rings. The third kappa shape index (κ3) is 1.47. The molecule has 0 aromatic carbocycles. The summed E-state index contributed by atoms with van der Waals surface area (Å²) in [6.07, 6.45) is 6.39. The highest BCUT2D eigenvalue weighted by molar-refractivity contribution is 6.35. The average molecular weight is 215 g/mol. The summed E-state index contributed by atoms with van der Waals surface area (Å²) in [7, 11) is 1.30. The first kappa shape index (κ1) is 9.69. The number of aromatic amines is 1. The van der Waals surface area contributed by atoms with Gasteiger partial charge in [0.1, 0.15) is 7.28 Å². The van der Waals surface area contributed by atoms with Crippen LogP contribution < -0.4 is 5.69 Å². The molecular formula is C11H14BN3O. The van der Waals surface area contributed by atoms with Gasteiger partial charge in [-0.05, 0) is 25.0 Å². The number of hydrogen-bond acceptors (Lipinski definition) is 2. The Morgan fingerprint density at radius 2 is 2.25 bits per heavy atom. The number of nitrogens with one attached hydrogen (secondary N) is 1. The van der Waals surface area contributed by atoms with Gasteiger partial charge in [0.2, 0.25) is 0 Å². The monoisotopic (exact) mass is 215 g/mol. The zero-order valence-electron chi connectivity index (χ0n) is 9.15. The fourth-order valence-electron chi connectivity index (χ4n) is 2.66. The number of nitrogens with zero attached hydrogens (tertiary/aromatic N) is 2. The Morgan fingerprint density at radius 1 is 1.44 bits per heavy atom. The zero-order chi connectivity index (χ0) is 11.0. The molecule has 1 aliphatic rings. The van der Waals surface area contributed by atoms with E-state index in [0.29, 0.717) is 11.7 Å². The Morgan fingerprint density at radius 3 is 3.06 bits per heavy atom. The fourth-order valence-corrected chi connectivity index (χ4v) is 2.66. The summed E-state index contributed by atoms with van der Waals surface area (Å²) in [5, 5.41) is 0. The third-order valence-electron chi connectivity index (χ3n) is 3.43. The Bertz CT molecular complexity index is 554. The number of imidazole rings is 1. The zero-order valence-corrected chi connectivity index (χ0v) is 9.15. The van der Waals surface area contributed by atoms with Crippen LogP contribution in [0, 0.1) is 0 Å². The first-order valence-corrected chi connectivity index (χ1v) is 5.91. The van der Waals surface area contributed by atoms with Gasteiger partial charge in [-0.2, -0.15) is 0 Å². The standard InChI is InChI=1S/C11H14BN3O/c16-11-14-10-9(2-1-7-13-10)15(11)8-3-5-12-6-4-8/h1-2,7-8,12H,3-6H2,(H,13,14,16). The second-order valence-electron chi connectivity index (χ2n) is 4.46. The molecule has 0 bridgehead atoms. The van der Waals surface area contributed by atoms with Crippen LogP contribution >= 0.6 is 0 Å². The maximum absolute atomic E-state index is 11.9. The van der Waals surface area contributed by atoms with Gasteiger partial charge >= 0.3 is 5.69 Å². The van der Waals surface area contributed by atoms with Crippen molar-refractivity contribution in [3.63, 3.8) is 0 Å². The van der Waals surface area contributed by atoms with E-state index in [0.717, 1.165) is 18.4 Å². The number of hydrogen-bond donors (Lipinski definition) is 1. The Labute approximate surface area is 93.9 Å². The number of pyridine rings is 1. The van der Waals surface area contributed by atoms with E-state index in [2.05, 4.69) is 9.97 Å². The highest BCUT2D eigenvalue weighted by Gasteiger charge is 2.20. The van der Waals surface area contributed by atoms with Crippen molar-refractivity contribution >= 4 is 18.4 Å².